The van der Waals surface area contributed by atoms with Crippen molar-refractivity contribution in [3.05, 3.63) is 0 Å². The summed E-state index contributed by atoms with van der Waals surface area (Å²) in [6, 6.07) is 0. The minimum absolute atomic E-state index is 0.0569. The lowest BCUT2D eigenvalue weighted by Gasteiger charge is -2.36. The summed E-state index contributed by atoms with van der Waals surface area (Å²) in [5.74, 6) is -1.30. The van der Waals surface area contributed by atoms with Gasteiger partial charge in [-0.05, 0) is 25.7 Å². The minimum Gasteiger partial charge on any atom is -0.312 e. The van der Waals surface area contributed by atoms with Gasteiger partial charge >= 0.3 is 6.18 Å². The lowest BCUT2D eigenvalue weighted by atomic mass is 9.71. The first-order valence-corrected chi connectivity index (χ1v) is 6.11. The highest BCUT2D eigenvalue weighted by Crippen LogP contribution is 2.38. The van der Waals surface area contributed by atoms with Gasteiger partial charge in [0, 0.05) is 5.92 Å². The molecule has 0 aromatic carbocycles. The smallest absolute Gasteiger partial charge is 0.312 e. The van der Waals surface area contributed by atoms with Crippen molar-refractivity contribution in [3.63, 3.8) is 0 Å². The first-order chi connectivity index (χ1) is 7.71. The zero-order valence-corrected chi connectivity index (χ0v) is 10.3. The molecule has 0 amide bonds. The van der Waals surface area contributed by atoms with E-state index in [1.807, 2.05) is 6.92 Å². The lowest BCUT2D eigenvalue weighted by Crippen LogP contribution is -2.60. The molecule has 1 fully saturated rings. The van der Waals surface area contributed by atoms with Crippen molar-refractivity contribution < 1.29 is 18.0 Å². The number of Topliss-reactive ketones (excluding diaryl/α,β-unsaturated/α-hetero) is 1. The van der Waals surface area contributed by atoms with Crippen LogP contribution in [0.5, 0.6) is 0 Å². The number of ketones is 1. The van der Waals surface area contributed by atoms with E-state index < -0.39 is 23.4 Å². The van der Waals surface area contributed by atoms with Gasteiger partial charge in [-0.1, -0.05) is 26.2 Å². The van der Waals surface area contributed by atoms with Gasteiger partial charge in [0.15, 0.2) is 11.3 Å². The van der Waals surface area contributed by atoms with Crippen LogP contribution in [0, 0.1) is 11.8 Å². The van der Waals surface area contributed by atoms with Crippen LogP contribution in [0.2, 0.25) is 0 Å². The predicted molar refractivity (Wildman–Crippen MR) is 59.4 cm³/mol. The molecule has 0 saturated heterocycles. The van der Waals surface area contributed by atoms with E-state index in [-0.39, 0.29) is 5.92 Å². The van der Waals surface area contributed by atoms with E-state index in [0.717, 1.165) is 32.6 Å². The highest BCUT2D eigenvalue weighted by molar-refractivity contribution is 5.91. The summed E-state index contributed by atoms with van der Waals surface area (Å²) in [7, 11) is 0. The molecule has 100 valence electrons. The van der Waals surface area contributed by atoms with Gasteiger partial charge < -0.3 is 5.73 Å². The molecule has 3 atom stereocenters. The Kier molecular flexibility index (Phi) is 4.23. The van der Waals surface area contributed by atoms with Gasteiger partial charge in [0.25, 0.3) is 0 Å². The summed E-state index contributed by atoms with van der Waals surface area (Å²) in [4.78, 5) is 12.0. The Morgan fingerprint density at radius 2 is 1.82 bits per heavy atom. The van der Waals surface area contributed by atoms with Gasteiger partial charge in [-0.2, -0.15) is 13.2 Å². The van der Waals surface area contributed by atoms with Gasteiger partial charge in [0.2, 0.25) is 0 Å². The molecule has 1 aliphatic rings. The van der Waals surface area contributed by atoms with Crippen molar-refractivity contribution >= 4 is 5.78 Å². The molecule has 0 aromatic rings. The number of carbonyl (C=O) groups is 1. The van der Waals surface area contributed by atoms with E-state index in [0.29, 0.717) is 6.42 Å². The van der Waals surface area contributed by atoms with Crippen molar-refractivity contribution in [2.75, 3.05) is 0 Å². The number of hydrogen-bond donors (Lipinski definition) is 1. The van der Waals surface area contributed by atoms with Gasteiger partial charge in [0.1, 0.15) is 0 Å². The number of rotatable bonds is 3. The third-order valence-electron chi connectivity index (χ3n) is 3.87. The maximum atomic E-state index is 12.7. The first-order valence-electron chi connectivity index (χ1n) is 6.11. The second-order valence-corrected chi connectivity index (χ2v) is 5.12. The monoisotopic (exact) mass is 251 g/mol. The fraction of sp³-hybridized carbons (Fsp3) is 0.917. The summed E-state index contributed by atoms with van der Waals surface area (Å²) in [6.07, 6.45) is -0.734. The molecule has 0 heterocycles. The average molecular weight is 251 g/mol. The molecule has 0 radical (unpaired) electrons. The summed E-state index contributed by atoms with van der Waals surface area (Å²) in [6.45, 7) is 2.70. The normalized spacial score (nSPS) is 29.8. The Labute approximate surface area is 99.7 Å². The number of halogens is 3. The molecular weight excluding hydrogens is 231 g/mol. The second kappa shape index (κ2) is 4.96. The molecule has 2 nitrogen and oxygen atoms in total. The molecule has 17 heavy (non-hydrogen) atoms. The molecule has 1 saturated carbocycles. The Bertz CT molecular complexity index is 286. The maximum absolute atomic E-state index is 12.7. The zero-order chi connectivity index (χ0) is 13.3. The first kappa shape index (κ1) is 14.5. The Balaban J connectivity index is 2.87. The molecule has 1 rings (SSSR count). The van der Waals surface area contributed by atoms with Gasteiger partial charge in [-0.25, -0.2) is 0 Å². The van der Waals surface area contributed by atoms with E-state index in [1.165, 1.54) is 0 Å². The molecule has 0 aromatic heterocycles. The number of hydrogen-bond acceptors (Lipinski definition) is 2. The Morgan fingerprint density at radius 3 is 2.29 bits per heavy atom. The third kappa shape index (κ3) is 2.81. The van der Waals surface area contributed by atoms with Crippen molar-refractivity contribution in [2.24, 2.45) is 17.6 Å². The SMILES string of the molecule is CCC1CCCCC1C(=O)C(C)(N)C(F)(F)F. The topological polar surface area (TPSA) is 43.1 Å². The summed E-state index contributed by atoms with van der Waals surface area (Å²) in [5.41, 5.74) is 2.50. The van der Waals surface area contributed by atoms with Crippen LogP contribution in [0.25, 0.3) is 0 Å². The molecule has 3 unspecified atom stereocenters. The van der Waals surface area contributed by atoms with Crippen LogP contribution in [0.3, 0.4) is 0 Å². The largest absolute Gasteiger partial charge is 0.413 e. The van der Waals surface area contributed by atoms with E-state index >= 15 is 0 Å². The molecule has 1 aliphatic carbocycles. The summed E-state index contributed by atoms with van der Waals surface area (Å²) in [5, 5.41) is 0. The predicted octanol–water partition coefficient (Wildman–Crippen LogP) is 3.05. The Morgan fingerprint density at radius 1 is 1.29 bits per heavy atom. The van der Waals surface area contributed by atoms with Gasteiger partial charge in [0.05, 0.1) is 0 Å². The zero-order valence-electron chi connectivity index (χ0n) is 10.3. The van der Waals surface area contributed by atoms with E-state index in [9.17, 15) is 18.0 Å². The molecule has 5 heteroatoms. The number of carbonyl (C=O) groups excluding carboxylic acids is 1. The lowest BCUT2D eigenvalue weighted by molar-refractivity contribution is -0.189. The highest BCUT2D eigenvalue weighted by Gasteiger charge is 2.55. The Hall–Kier alpha value is -0.580. The van der Waals surface area contributed by atoms with Crippen LogP contribution in [-0.4, -0.2) is 17.5 Å². The molecule has 2 N–H and O–H groups in total. The fourth-order valence-electron chi connectivity index (χ4n) is 2.57. The average Bonchev–Trinajstić information content (AvgIpc) is 2.26. The molecular formula is C12H20F3NO. The van der Waals surface area contributed by atoms with Crippen molar-refractivity contribution in [1.29, 1.82) is 0 Å². The third-order valence-corrected chi connectivity index (χ3v) is 3.87. The summed E-state index contributed by atoms with van der Waals surface area (Å²) >= 11 is 0. The number of alkyl halides is 3. The van der Waals surface area contributed by atoms with Crippen LogP contribution in [0.15, 0.2) is 0 Å². The molecule has 0 aliphatic heterocycles. The standard InChI is InChI=1S/C12H20F3NO/c1-3-8-6-4-5-7-9(8)10(17)11(2,16)12(13,14)15/h8-9H,3-7,16H2,1-2H3. The van der Waals surface area contributed by atoms with Crippen LogP contribution in [0.1, 0.15) is 46.0 Å². The van der Waals surface area contributed by atoms with Crippen molar-refractivity contribution in [1.82, 2.24) is 0 Å². The minimum atomic E-state index is -4.67. The van der Waals surface area contributed by atoms with Crippen LogP contribution in [0.4, 0.5) is 13.2 Å². The van der Waals surface area contributed by atoms with E-state index in [1.54, 1.807) is 0 Å². The maximum Gasteiger partial charge on any atom is 0.413 e. The molecule has 0 bridgehead atoms. The van der Waals surface area contributed by atoms with Crippen molar-refractivity contribution in [3.8, 4) is 0 Å². The summed E-state index contributed by atoms with van der Waals surface area (Å²) < 4.78 is 38.2. The number of nitrogens with two attached hydrogens (primary N) is 1. The van der Waals surface area contributed by atoms with Crippen LogP contribution >= 0.6 is 0 Å². The fourth-order valence-corrected chi connectivity index (χ4v) is 2.57. The van der Waals surface area contributed by atoms with Crippen LogP contribution < -0.4 is 5.73 Å². The van der Waals surface area contributed by atoms with E-state index in [2.05, 4.69) is 0 Å². The quantitative estimate of drug-likeness (QED) is 0.837. The second-order valence-electron chi connectivity index (χ2n) is 5.12. The van der Waals surface area contributed by atoms with E-state index in [4.69, 9.17) is 5.73 Å². The highest BCUT2D eigenvalue weighted by atomic mass is 19.4. The van der Waals surface area contributed by atoms with Crippen molar-refractivity contribution in [2.45, 2.75) is 57.7 Å². The molecule has 0 spiro atoms. The van der Waals surface area contributed by atoms with Gasteiger partial charge in [-0.3, -0.25) is 4.79 Å². The van der Waals surface area contributed by atoms with Gasteiger partial charge in [-0.15, -0.1) is 0 Å². The van der Waals surface area contributed by atoms with Crippen LogP contribution in [-0.2, 0) is 4.79 Å².